The number of sulfonamides is 1. The minimum absolute atomic E-state index is 0.0125. The summed E-state index contributed by atoms with van der Waals surface area (Å²) in [6, 6.07) is 9.69. The number of hydrogen-bond donors (Lipinski definition) is 2. The van der Waals surface area contributed by atoms with E-state index in [1.165, 1.54) is 24.3 Å². The molecule has 0 aliphatic heterocycles. The quantitative estimate of drug-likeness (QED) is 0.886. The summed E-state index contributed by atoms with van der Waals surface area (Å²) in [7, 11) is -3.88. The monoisotopic (exact) mass is 329 g/mol. The maximum Gasteiger partial charge on any atom is 0.261 e. The van der Waals surface area contributed by atoms with Crippen LogP contribution in [0.15, 0.2) is 47.4 Å². The molecule has 2 N–H and O–H groups in total. The van der Waals surface area contributed by atoms with Crippen LogP contribution in [0.1, 0.15) is 5.56 Å². The molecule has 2 rings (SSSR count). The normalized spacial score (nSPS) is 11.4. The van der Waals surface area contributed by atoms with E-state index in [4.69, 9.17) is 16.7 Å². The van der Waals surface area contributed by atoms with Crippen molar-refractivity contribution in [2.45, 2.75) is 11.3 Å². The fraction of sp³-hybridized carbons (Fsp3) is 0.143. The molecule has 0 saturated heterocycles. The summed E-state index contributed by atoms with van der Waals surface area (Å²) in [6.07, 6.45) is 0.444. The zero-order valence-electron chi connectivity index (χ0n) is 10.9. The molecule has 2 aromatic rings. The van der Waals surface area contributed by atoms with E-state index in [2.05, 4.69) is 4.72 Å². The fourth-order valence-corrected chi connectivity index (χ4v) is 2.97. The molecule has 7 heteroatoms. The van der Waals surface area contributed by atoms with Gasteiger partial charge in [0.15, 0.2) is 0 Å². The van der Waals surface area contributed by atoms with Crippen LogP contribution in [-0.2, 0) is 16.4 Å². The van der Waals surface area contributed by atoms with Crippen LogP contribution in [0.5, 0.6) is 0 Å². The van der Waals surface area contributed by atoms with E-state index in [0.29, 0.717) is 6.42 Å². The Kier molecular flexibility index (Phi) is 4.82. The van der Waals surface area contributed by atoms with Gasteiger partial charge in [0.25, 0.3) is 10.0 Å². The second kappa shape index (κ2) is 6.43. The number of benzene rings is 2. The summed E-state index contributed by atoms with van der Waals surface area (Å²) in [5, 5.41) is 9.00. The molecule has 0 unspecified atom stereocenters. The van der Waals surface area contributed by atoms with Gasteiger partial charge in [-0.05, 0) is 42.3 Å². The van der Waals surface area contributed by atoms with Crippen LogP contribution < -0.4 is 4.72 Å². The summed E-state index contributed by atoms with van der Waals surface area (Å²) >= 11 is 5.61. The highest BCUT2D eigenvalue weighted by atomic mass is 35.5. The van der Waals surface area contributed by atoms with E-state index in [1.807, 2.05) is 0 Å². The zero-order valence-corrected chi connectivity index (χ0v) is 12.5. The third-order valence-electron chi connectivity index (χ3n) is 2.81. The van der Waals surface area contributed by atoms with E-state index >= 15 is 0 Å². The van der Waals surface area contributed by atoms with Gasteiger partial charge in [-0.25, -0.2) is 12.8 Å². The summed E-state index contributed by atoms with van der Waals surface area (Å²) in [6.45, 7) is -0.0136. The Morgan fingerprint density at radius 3 is 2.38 bits per heavy atom. The van der Waals surface area contributed by atoms with Gasteiger partial charge in [0.05, 0.1) is 10.6 Å². The summed E-state index contributed by atoms with van der Waals surface area (Å²) in [4.78, 5) is 0.0125. The maximum absolute atomic E-state index is 13.6. The molecule has 0 fully saturated rings. The van der Waals surface area contributed by atoms with Crippen molar-refractivity contribution in [2.24, 2.45) is 0 Å². The number of hydrogen-bond acceptors (Lipinski definition) is 3. The van der Waals surface area contributed by atoms with E-state index in [1.54, 1.807) is 12.1 Å². The Bertz CT molecular complexity index is 732. The van der Waals surface area contributed by atoms with E-state index in [9.17, 15) is 12.8 Å². The van der Waals surface area contributed by atoms with Gasteiger partial charge in [-0.1, -0.05) is 23.7 Å². The molecule has 0 bridgehead atoms. The van der Waals surface area contributed by atoms with Crippen LogP contribution in [0.2, 0.25) is 5.02 Å². The summed E-state index contributed by atoms with van der Waals surface area (Å²) in [5.41, 5.74) is 0.646. The predicted octanol–water partition coefficient (Wildman–Crippen LogP) is 2.81. The Balaban J connectivity index is 2.25. The molecule has 0 aliphatic carbocycles. The van der Waals surface area contributed by atoms with Gasteiger partial charge in [-0.15, -0.1) is 0 Å². The number of aliphatic hydroxyl groups is 1. The van der Waals surface area contributed by atoms with Gasteiger partial charge in [0.2, 0.25) is 0 Å². The molecule has 0 amide bonds. The highest BCUT2D eigenvalue weighted by Gasteiger charge is 2.16. The first-order valence-electron chi connectivity index (χ1n) is 6.10. The van der Waals surface area contributed by atoms with E-state index in [0.717, 1.165) is 11.6 Å². The molecule has 0 atom stereocenters. The van der Waals surface area contributed by atoms with Gasteiger partial charge in [-0.2, -0.15) is 0 Å². The van der Waals surface area contributed by atoms with Crippen LogP contribution in [0.3, 0.4) is 0 Å². The molecule has 2 aromatic carbocycles. The van der Waals surface area contributed by atoms with Gasteiger partial charge in [-0.3, -0.25) is 4.72 Å². The van der Waals surface area contributed by atoms with Gasteiger partial charge in [0.1, 0.15) is 5.82 Å². The van der Waals surface area contributed by atoms with Crippen LogP contribution in [0.25, 0.3) is 0 Å². The molecule has 0 heterocycles. The van der Waals surface area contributed by atoms with Crippen LogP contribution in [0, 0.1) is 5.82 Å². The molecule has 0 radical (unpaired) electrons. The molecule has 4 nitrogen and oxygen atoms in total. The average molecular weight is 330 g/mol. The van der Waals surface area contributed by atoms with Crippen molar-refractivity contribution in [3.63, 3.8) is 0 Å². The van der Waals surface area contributed by atoms with Gasteiger partial charge < -0.3 is 5.11 Å². The van der Waals surface area contributed by atoms with Crippen molar-refractivity contribution in [3.05, 3.63) is 58.9 Å². The Morgan fingerprint density at radius 1 is 1.14 bits per heavy atom. The van der Waals surface area contributed by atoms with E-state index < -0.39 is 15.8 Å². The third kappa shape index (κ3) is 3.93. The standard InChI is InChI=1S/C14H13ClFNO3S/c15-11-3-6-14(13(16)9-11)17-21(19,20)12-4-1-10(2-5-12)7-8-18/h1-6,9,17-18H,7-8H2. The minimum atomic E-state index is -3.88. The largest absolute Gasteiger partial charge is 0.396 e. The highest BCUT2D eigenvalue weighted by molar-refractivity contribution is 7.92. The van der Waals surface area contributed by atoms with Crippen molar-refractivity contribution in [1.82, 2.24) is 0 Å². The van der Waals surface area contributed by atoms with Crippen LogP contribution in [-0.4, -0.2) is 20.1 Å². The molecule has 21 heavy (non-hydrogen) atoms. The number of halogens is 2. The maximum atomic E-state index is 13.6. The predicted molar refractivity (Wildman–Crippen MR) is 79.5 cm³/mol. The average Bonchev–Trinajstić information content (AvgIpc) is 2.43. The van der Waals surface area contributed by atoms with Crippen LogP contribution >= 0.6 is 11.6 Å². The van der Waals surface area contributed by atoms with Gasteiger partial charge in [0, 0.05) is 11.6 Å². The summed E-state index contributed by atoms with van der Waals surface area (Å²) in [5.74, 6) is -0.747. The first-order chi connectivity index (χ1) is 9.92. The Labute approximate surface area is 127 Å². The van der Waals surface area contributed by atoms with E-state index in [-0.39, 0.29) is 22.2 Å². The van der Waals surface area contributed by atoms with Crippen molar-refractivity contribution in [1.29, 1.82) is 0 Å². The topological polar surface area (TPSA) is 66.4 Å². The van der Waals surface area contributed by atoms with Crippen molar-refractivity contribution in [2.75, 3.05) is 11.3 Å². The molecular weight excluding hydrogens is 317 g/mol. The minimum Gasteiger partial charge on any atom is -0.396 e. The highest BCUT2D eigenvalue weighted by Crippen LogP contribution is 2.22. The van der Waals surface area contributed by atoms with Crippen LogP contribution in [0.4, 0.5) is 10.1 Å². The first-order valence-corrected chi connectivity index (χ1v) is 7.96. The number of aliphatic hydroxyl groups excluding tert-OH is 1. The SMILES string of the molecule is O=S(=O)(Nc1ccc(Cl)cc1F)c1ccc(CCO)cc1. The van der Waals surface area contributed by atoms with Crippen molar-refractivity contribution >= 4 is 27.3 Å². The number of anilines is 1. The molecule has 0 aliphatic rings. The molecular formula is C14H13ClFNO3S. The Hall–Kier alpha value is -1.63. The second-order valence-electron chi connectivity index (χ2n) is 4.35. The smallest absolute Gasteiger partial charge is 0.261 e. The number of nitrogens with one attached hydrogen (secondary N) is 1. The van der Waals surface area contributed by atoms with Crippen molar-refractivity contribution in [3.8, 4) is 0 Å². The van der Waals surface area contributed by atoms with Crippen molar-refractivity contribution < 1.29 is 17.9 Å². The lowest BCUT2D eigenvalue weighted by Crippen LogP contribution is -2.14. The molecule has 112 valence electrons. The lowest BCUT2D eigenvalue weighted by atomic mass is 10.2. The fourth-order valence-electron chi connectivity index (χ4n) is 1.74. The first kappa shape index (κ1) is 15.8. The lowest BCUT2D eigenvalue weighted by molar-refractivity contribution is 0.299. The third-order valence-corrected chi connectivity index (χ3v) is 4.43. The van der Waals surface area contributed by atoms with Gasteiger partial charge >= 0.3 is 0 Å². The second-order valence-corrected chi connectivity index (χ2v) is 6.47. The molecule has 0 spiro atoms. The number of rotatable bonds is 5. The molecule has 0 aromatic heterocycles. The zero-order chi connectivity index (χ0) is 15.5. The summed E-state index contributed by atoms with van der Waals surface area (Å²) < 4.78 is 40.1. The Morgan fingerprint density at radius 2 is 1.81 bits per heavy atom. The molecule has 0 saturated carbocycles. The lowest BCUT2D eigenvalue weighted by Gasteiger charge is -2.09.